The Balaban J connectivity index is 2.31. The Bertz CT molecular complexity index is 506. The molecule has 0 spiro atoms. The molecule has 1 saturated heterocycles. The van der Waals surface area contributed by atoms with E-state index in [1.54, 1.807) is 18.2 Å². The standard InChI is InChI=1S/C12H11BrClNO3/c13-9-4-3-7(14)6-8(9)11(16)15-5-1-2-10(15)12(17)18/h3-4,6,10H,1-2,5H2,(H,17,18)/t10-/m1/s1. The van der Waals surface area contributed by atoms with E-state index in [1.165, 1.54) is 4.90 Å². The average molecular weight is 333 g/mol. The minimum Gasteiger partial charge on any atom is -0.480 e. The first-order valence-electron chi connectivity index (χ1n) is 5.49. The van der Waals surface area contributed by atoms with Gasteiger partial charge in [-0.05, 0) is 47.0 Å². The Kier molecular flexibility index (Phi) is 3.92. The van der Waals surface area contributed by atoms with Gasteiger partial charge < -0.3 is 10.0 Å². The summed E-state index contributed by atoms with van der Waals surface area (Å²) >= 11 is 9.14. The van der Waals surface area contributed by atoms with Crippen molar-refractivity contribution in [1.29, 1.82) is 0 Å². The first-order valence-corrected chi connectivity index (χ1v) is 6.66. The molecular formula is C12H11BrClNO3. The van der Waals surface area contributed by atoms with E-state index in [1.807, 2.05) is 0 Å². The van der Waals surface area contributed by atoms with Gasteiger partial charge in [0, 0.05) is 16.0 Å². The van der Waals surface area contributed by atoms with Crippen molar-refractivity contribution >= 4 is 39.4 Å². The predicted octanol–water partition coefficient (Wildman–Crippen LogP) is 2.79. The third-order valence-corrected chi connectivity index (χ3v) is 3.88. The van der Waals surface area contributed by atoms with Gasteiger partial charge in [-0.1, -0.05) is 11.6 Å². The Morgan fingerprint density at radius 3 is 2.83 bits per heavy atom. The molecule has 6 heteroatoms. The Hall–Kier alpha value is -1.07. The summed E-state index contributed by atoms with van der Waals surface area (Å²) in [7, 11) is 0. The molecule has 96 valence electrons. The molecule has 0 radical (unpaired) electrons. The van der Waals surface area contributed by atoms with Gasteiger partial charge in [0.1, 0.15) is 6.04 Å². The lowest BCUT2D eigenvalue weighted by molar-refractivity contribution is -0.141. The monoisotopic (exact) mass is 331 g/mol. The molecule has 1 fully saturated rings. The van der Waals surface area contributed by atoms with Crippen LogP contribution in [-0.2, 0) is 4.79 Å². The van der Waals surface area contributed by atoms with Crippen LogP contribution < -0.4 is 0 Å². The van der Waals surface area contributed by atoms with Crippen LogP contribution in [0, 0.1) is 0 Å². The first-order chi connectivity index (χ1) is 8.50. The molecule has 18 heavy (non-hydrogen) atoms. The highest BCUT2D eigenvalue weighted by atomic mass is 79.9. The number of aliphatic carboxylic acids is 1. The number of rotatable bonds is 2. The average Bonchev–Trinajstić information content (AvgIpc) is 2.80. The second-order valence-electron chi connectivity index (χ2n) is 4.12. The van der Waals surface area contributed by atoms with E-state index in [-0.39, 0.29) is 5.91 Å². The number of hydrogen-bond donors (Lipinski definition) is 1. The molecule has 1 aromatic rings. The van der Waals surface area contributed by atoms with E-state index in [9.17, 15) is 9.59 Å². The molecule has 1 N–H and O–H groups in total. The van der Waals surface area contributed by atoms with E-state index in [4.69, 9.17) is 16.7 Å². The smallest absolute Gasteiger partial charge is 0.326 e. The van der Waals surface area contributed by atoms with Gasteiger partial charge in [0.25, 0.3) is 5.91 Å². The van der Waals surface area contributed by atoms with Gasteiger partial charge >= 0.3 is 5.97 Å². The van der Waals surface area contributed by atoms with Crippen LogP contribution >= 0.6 is 27.5 Å². The number of carbonyl (C=O) groups is 2. The first kappa shape index (κ1) is 13.4. The van der Waals surface area contributed by atoms with Crippen LogP contribution in [0.15, 0.2) is 22.7 Å². The van der Waals surface area contributed by atoms with Crippen molar-refractivity contribution in [3.8, 4) is 0 Å². The third kappa shape index (κ3) is 2.52. The van der Waals surface area contributed by atoms with Gasteiger partial charge in [-0.3, -0.25) is 4.79 Å². The lowest BCUT2D eigenvalue weighted by Crippen LogP contribution is -2.40. The maximum Gasteiger partial charge on any atom is 0.326 e. The van der Waals surface area contributed by atoms with Crippen molar-refractivity contribution in [1.82, 2.24) is 4.90 Å². The van der Waals surface area contributed by atoms with Crippen molar-refractivity contribution in [2.75, 3.05) is 6.54 Å². The van der Waals surface area contributed by atoms with Crippen molar-refractivity contribution in [2.24, 2.45) is 0 Å². The van der Waals surface area contributed by atoms with Crippen LogP contribution in [0.25, 0.3) is 0 Å². The van der Waals surface area contributed by atoms with Gasteiger partial charge in [0.15, 0.2) is 0 Å². The van der Waals surface area contributed by atoms with Crippen LogP contribution in [-0.4, -0.2) is 34.5 Å². The SMILES string of the molecule is O=C(O)[C@H]1CCCN1C(=O)c1cc(Cl)ccc1Br. The highest BCUT2D eigenvalue weighted by Crippen LogP contribution is 2.26. The molecule has 0 bridgehead atoms. The van der Waals surface area contributed by atoms with Crippen LogP contribution in [0.5, 0.6) is 0 Å². The number of carbonyl (C=O) groups excluding carboxylic acids is 1. The highest BCUT2D eigenvalue weighted by Gasteiger charge is 2.34. The number of carboxylic acid groups (broad SMARTS) is 1. The quantitative estimate of drug-likeness (QED) is 0.906. The van der Waals surface area contributed by atoms with Crippen molar-refractivity contribution in [3.05, 3.63) is 33.3 Å². The van der Waals surface area contributed by atoms with E-state index in [2.05, 4.69) is 15.9 Å². The van der Waals surface area contributed by atoms with Crippen molar-refractivity contribution in [2.45, 2.75) is 18.9 Å². The largest absolute Gasteiger partial charge is 0.480 e. The normalized spacial score (nSPS) is 19.0. The molecule has 4 nitrogen and oxygen atoms in total. The number of likely N-dealkylation sites (tertiary alicyclic amines) is 1. The zero-order chi connectivity index (χ0) is 13.3. The maximum absolute atomic E-state index is 12.3. The van der Waals surface area contributed by atoms with E-state index >= 15 is 0 Å². The lowest BCUT2D eigenvalue weighted by Gasteiger charge is -2.22. The highest BCUT2D eigenvalue weighted by molar-refractivity contribution is 9.10. The summed E-state index contributed by atoms with van der Waals surface area (Å²) in [6.07, 6.45) is 1.21. The number of halogens is 2. The third-order valence-electron chi connectivity index (χ3n) is 2.96. The molecule has 0 aromatic heterocycles. The summed E-state index contributed by atoms with van der Waals surface area (Å²) in [5.41, 5.74) is 0.399. The van der Waals surface area contributed by atoms with Crippen LogP contribution in [0.4, 0.5) is 0 Å². The topological polar surface area (TPSA) is 57.6 Å². The second-order valence-corrected chi connectivity index (χ2v) is 5.41. The molecule has 1 aliphatic heterocycles. The van der Waals surface area contributed by atoms with Crippen LogP contribution in [0.1, 0.15) is 23.2 Å². The summed E-state index contributed by atoms with van der Waals surface area (Å²) in [5, 5.41) is 9.52. The summed E-state index contributed by atoms with van der Waals surface area (Å²) in [4.78, 5) is 24.8. The Morgan fingerprint density at radius 2 is 2.17 bits per heavy atom. The van der Waals surface area contributed by atoms with Crippen LogP contribution in [0.3, 0.4) is 0 Å². The number of nitrogens with zero attached hydrogens (tertiary/aromatic N) is 1. The van der Waals surface area contributed by atoms with Gasteiger partial charge in [-0.2, -0.15) is 0 Å². The lowest BCUT2D eigenvalue weighted by atomic mass is 10.1. The molecule has 1 amide bonds. The Morgan fingerprint density at radius 1 is 1.44 bits per heavy atom. The zero-order valence-electron chi connectivity index (χ0n) is 9.40. The fourth-order valence-corrected chi connectivity index (χ4v) is 2.67. The molecule has 0 unspecified atom stereocenters. The molecule has 2 rings (SSSR count). The molecule has 0 saturated carbocycles. The number of carboxylic acids is 1. The Labute approximate surface area is 118 Å². The van der Waals surface area contributed by atoms with Gasteiger partial charge in [-0.15, -0.1) is 0 Å². The van der Waals surface area contributed by atoms with Gasteiger partial charge in [-0.25, -0.2) is 4.79 Å². The van der Waals surface area contributed by atoms with Crippen LogP contribution in [0.2, 0.25) is 5.02 Å². The van der Waals surface area contributed by atoms with E-state index in [0.717, 1.165) is 0 Å². The molecule has 0 aliphatic carbocycles. The van der Waals surface area contributed by atoms with Gasteiger partial charge in [0.05, 0.1) is 5.56 Å². The van der Waals surface area contributed by atoms with E-state index < -0.39 is 12.0 Å². The summed E-state index contributed by atoms with van der Waals surface area (Å²) in [5.74, 6) is -1.26. The second kappa shape index (κ2) is 5.28. The minimum atomic E-state index is -0.959. The maximum atomic E-state index is 12.3. The summed E-state index contributed by atoms with van der Waals surface area (Å²) in [6, 6.07) is 4.16. The molecular weight excluding hydrogens is 321 g/mol. The number of hydrogen-bond acceptors (Lipinski definition) is 2. The fraction of sp³-hybridized carbons (Fsp3) is 0.333. The molecule has 1 aromatic carbocycles. The fourth-order valence-electron chi connectivity index (χ4n) is 2.08. The summed E-state index contributed by atoms with van der Waals surface area (Å²) in [6.45, 7) is 0.467. The number of benzene rings is 1. The summed E-state index contributed by atoms with van der Waals surface area (Å²) < 4.78 is 0.618. The van der Waals surface area contributed by atoms with Crippen molar-refractivity contribution < 1.29 is 14.7 Å². The zero-order valence-corrected chi connectivity index (χ0v) is 11.7. The number of amides is 1. The van der Waals surface area contributed by atoms with Gasteiger partial charge in [0.2, 0.25) is 0 Å². The predicted molar refractivity (Wildman–Crippen MR) is 70.8 cm³/mol. The van der Waals surface area contributed by atoms with Crippen molar-refractivity contribution in [3.63, 3.8) is 0 Å². The molecule has 1 heterocycles. The molecule has 1 aliphatic rings. The molecule has 1 atom stereocenters. The van der Waals surface area contributed by atoms with E-state index in [0.29, 0.717) is 34.4 Å². The minimum absolute atomic E-state index is 0.297.